The minimum Gasteiger partial charge on any atom is -0.498 e. The highest BCUT2D eigenvalue weighted by Gasteiger charge is 1.83. The molecule has 2 nitrogen and oxygen atoms in total. The lowest BCUT2D eigenvalue weighted by Gasteiger charge is -1.66. The van der Waals surface area contributed by atoms with Crippen molar-refractivity contribution in [3.63, 3.8) is 0 Å². The summed E-state index contributed by atoms with van der Waals surface area (Å²) in [5.74, 6) is 0. The number of aromatic hydroxyl groups is 1. The third kappa shape index (κ3) is 1.01. The van der Waals surface area contributed by atoms with Crippen LogP contribution >= 0.6 is 23.6 Å². The zero-order chi connectivity index (χ0) is 5.28. The first-order valence-corrected chi connectivity index (χ1v) is 2.89. The first-order valence-electron chi connectivity index (χ1n) is 1.66. The van der Waals surface area contributed by atoms with Gasteiger partial charge in [-0.3, -0.25) is 0 Å². The lowest BCUT2D eigenvalue weighted by atomic mass is 10.9. The smallest absolute Gasteiger partial charge is 0.190 e. The number of thiazole rings is 1. The van der Waals surface area contributed by atoms with E-state index in [2.05, 4.69) is 17.2 Å². The molecule has 0 unspecified atom stereocenters. The monoisotopic (exact) mass is 133 g/mol. The van der Waals surface area contributed by atoms with E-state index in [0.717, 1.165) is 11.3 Å². The van der Waals surface area contributed by atoms with Crippen molar-refractivity contribution in [3.8, 4) is 5.06 Å². The van der Waals surface area contributed by atoms with Gasteiger partial charge in [0.05, 0.1) is 6.20 Å². The zero-order valence-corrected chi connectivity index (χ0v) is 4.97. The van der Waals surface area contributed by atoms with Crippen LogP contribution < -0.4 is 0 Å². The molecule has 0 saturated carbocycles. The van der Waals surface area contributed by atoms with Gasteiger partial charge in [-0.15, -0.1) is 0 Å². The Labute approximate surface area is 49.4 Å². The molecular weight excluding hydrogens is 130 g/mol. The molecule has 0 spiro atoms. The number of nitrogens with one attached hydrogen (secondary N) is 1. The molecule has 1 aromatic rings. The van der Waals surface area contributed by atoms with Gasteiger partial charge in [-0.05, 0) is 12.2 Å². The quantitative estimate of drug-likeness (QED) is 0.526. The molecule has 0 aliphatic rings. The summed E-state index contributed by atoms with van der Waals surface area (Å²) < 4.78 is 0.609. The second-order valence-electron chi connectivity index (χ2n) is 1.02. The molecule has 0 aliphatic heterocycles. The average molecular weight is 133 g/mol. The van der Waals surface area contributed by atoms with Gasteiger partial charge in [-0.25, -0.2) is 0 Å². The van der Waals surface area contributed by atoms with Gasteiger partial charge >= 0.3 is 0 Å². The Morgan fingerprint density at radius 1 is 1.86 bits per heavy atom. The molecule has 1 heterocycles. The van der Waals surface area contributed by atoms with E-state index in [4.69, 9.17) is 5.11 Å². The number of hydrogen-bond donors (Lipinski definition) is 2. The molecule has 0 radical (unpaired) electrons. The predicted octanol–water partition coefficient (Wildman–Crippen LogP) is 1.51. The van der Waals surface area contributed by atoms with Crippen molar-refractivity contribution >= 4 is 23.6 Å². The summed E-state index contributed by atoms with van der Waals surface area (Å²) in [4.78, 5) is 2.65. The summed E-state index contributed by atoms with van der Waals surface area (Å²) >= 11 is 5.79. The van der Waals surface area contributed by atoms with Gasteiger partial charge in [0.2, 0.25) is 0 Å². The minimum atomic E-state index is 0.241. The van der Waals surface area contributed by atoms with Crippen LogP contribution in [0.3, 0.4) is 0 Å². The predicted molar refractivity (Wildman–Crippen MR) is 31.2 cm³/mol. The SMILES string of the molecule is Oc1c[nH]c(=S)s1. The van der Waals surface area contributed by atoms with Gasteiger partial charge in [-0.2, -0.15) is 0 Å². The molecule has 1 aromatic heterocycles. The van der Waals surface area contributed by atoms with E-state index >= 15 is 0 Å². The minimum absolute atomic E-state index is 0.241. The number of aromatic amines is 1. The van der Waals surface area contributed by atoms with Crippen LogP contribution in [-0.2, 0) is 0 Å². The van der Waals surface area contributed by atoms with E-state index in [9.17, 15) is 0 Å². The maximum absolute atomic E-state index is 8.57. The molecule has 4 heteroatoms. The van der Waals surface area contributed by atoms with Crippen LogP contribution in [0, 0.1) is 3.95 Å². The van der Waals surface area contributed by atoms with Gasteiger partial charge in [0, 0.05) is 0 Å². The van der Waals surface area contributed by atoms with Crippen LogP contribution in [0.1, 0.15) is 0 Å². The van der Waals surface area contributed by atoms with Crippen molar-refractivity contribution in [2.75, 3.05) is 0 Å². The molecular formula is C3H3NOS2. The van der Waals surface area contributed by atoms with E-state index in [0.29, 0.717) is 3.95 Å². The van der Waals surface area contributed by atoms with E-state index in [1.807, 2.05) is 0 Å². The van der Waals surface area contributed by atoms with E-state index in [1.165, 1.54) is 6.20 Å². The Morgan fingerprint density at radius 2 is 2.57 bits per heavy atom. The summed E-state index contributed by atoms with van der Waals surface area (Å²) in [7, 11) is 0. The van der Waals surface area contributed by atoms with Crippen molar-refractivity contribution < 1.29 is 5.11 Å². The van der Waals surface area contributed by atoms with Crippen LogP contribution in [0.15, 0.2) is 6.20 Å². The largest absolute Gasteiger partial charge is 0.498 e. The number of aromatic nitrogens is 1. The van der Waals surface area contributed by atoms with Gasteiger partial charge in [0.25, 0.3) is 0 Å². The lowest BCUT2D eigenvalue weighted by molar-refractivity contribution is 0.489. The van der Waals surface area contributed by atoms with Crippen LogP contribution in [0.4, 0.5) is 0 Å². The first-order chi connectivity index (χ1) is 3.29. The highest BCUT2D eigenvalue weighted by Crippen LogP contribution is 2.14. The third-order valence-electron chi connectivity index (χ3n) is 0.511. The molecule has 2 N–H and O–H groups in total. The normalized spacial score (nSPS) is 9.14. The molecule has 0 amide bonds. The van der Waals surface area contributed by atoms with Crippen LogP contribution in [0.2, 0.25) is 0 Å². The second kappa shape index (κ2) is 1.63. The number of rotatable bonds is 0. The van der Waals surface area contributed by atoms with Crippen molar-refractivity contribution in [1.82, 2.24) is 4.98 Å². The van der Waals surface area contributed by atoms with Crippen LogP contribution in [-0.4, -0.2) is 10.1 Å². The van der Waals surface area contributed by atoms with Gasteiger partial charge in [0.15, 0.2) is 9.02 Å². The van der Waals surface area contributed by atoms with Gasteiger partial charge in [0.1, 0.15) is 0 Å². The summed E-state index contributed by atoms with van der Waals surface area (Å²) in [6.45, 7) is 0. The summed E-state index contributed by atoms with van der Waals surface area (Å²) in [6, 6.07) is 0. The number of hydrogen-bond acceptors (Lipinski definition) is 3. The van der Waals surface area contributed by atoms with Crippen molar-refractivity contribution in [1.29, 1.82) is 0 Å². The second-order valence-corrected chi connectivity index (χ2v) is 2.71. The summed E-state index contributed by atoms with van der Waals surface area (Å²) in [5.41, 5.74) is 0. The fraction of sp³-hybridized carbons (Fsp3) is 0. The van der Waals surface area contributed by atoms with E-state index < -0.39 is 0 Å². The Kier molecular flexibility index (Phi) is 1.12. The van der Waals surface area contributed by atoms with Crippen LogP contribution in [0.5, 0.6) is 5.06 Å². The highest BCUT2D eigenvalue weighted by atomic mass is 32.1. The fourth-order valence-electron chi connectivity index (χ4n) is 0.275. The Morgan fingerprint density at radius 3 is 2.71 bits per heavy atom. The third-order valence-corrected chi connectivity index (χ3v) is 1.51. The average Bonchev–Trinajstić information content (AvgIpc) is 1.87. The topological polar surface area (TPSA) is 36.0 Å². The van der Waals surface area contributed by atoms with Crippen molar-refractivity contribution in [2.24, 2.45) is 0 Å². The fourth-order valence-corrected chi connectivity index (χ4v) is 1.02. The Hall–Kier alpha value is -0.350. The molecule has 0 aliphatic carbocycles. The van der Waals surface area contributed by atoms with Gasteiger partial charge < -0.3 is 10.1 Å². The van der Waals surface area contributed by atoms with Gasteiger partial charge in [-0.1, -0.05) is 11.3 Å². The van der Waals surface area contributed by atoms with E-state index in [1.54, 1.807) is 0 Å². The van der Waals surface area contributed by atoms with Crippen molar-refractivity contribution in [3.05, 3.63) is 10.2 Å². The molecule has 0 bridgehead atoms. The molecule has 0 fully saturated rings. The first kappa shape index (κ1) is 4.80. The molecule has 7 heavy (non-hydrogen) atoms. The maximum Gasteiger partial charge on any atom is 0.190 e. The number of H-pyrrole nitrogens is 1. The lowest BCUT2D eigenvalue weighted by Crippen LogP contribution is -1.47. The standard InChI is InChI=1S/C3H3NOS2/c5-2-1-4-3(6)7-2/h1,5H,(H,4,6). The molecule has 1 rings (SSSR count). The molecule has 0 saturated heterocycles. The maximum atomic E-state index is 8.57. The Bertz CT molecular complexity index is 201. The van der Waals surface area contributed by atoms with Crippen molar-refractivity contribution in [2.45, 2.75) is 0 Å². The van der Waals surface area contributed by atoms with E-state index in [-0.39, 0.29) is 5.06 Å². The summed E-state index contributed by atoms with van der Waals surface area (Å²) in [6.07, 6.45) is 1.47. The zero-order valence-electron chi connectivity index (χ0n) is 3.34. The molecule has 38 valence electrons. The van der Waals surface area contributed by atoms with Crippen LogP contribution in [0.25, 0.3) is 0 Å². The molecule has 0 atom stereocenters. The molecule has 0 aromatic carbocycles. The summed E-state index contributed by atoms with van der Waals surface area (Å²) in [5, 5.41) is 8.81. The highest BCUT2D eigenvalue weighted by molar-refractivity contribution is 7.73. The Balaban J connectivity index is 3.30.